The minimum absolute atomic E-state index is 0.0462. The fourth-order valence-corrected chi connectivity index (χ4v) is 10.6. The van der Waals surface area contributed by atoms with Gasteiger partial charge in [-0.15, -0.1) is 0 Å². The van der Waals surface area contributed by atoms with Crippen LogP contribution in [0.5, 0.6) is 0 Å². The van der Waals surface area contributed by atoms with Crippen molar-refractivity contribution < 1.29 is 12.8 Å². The molecule has 0 bridgehead atoms. The molecular weight excluding hydrogens is 453 g/mol. The zero-order chi connectivity index (χ0) is 23.2. The van der Waals surface area contributed by atoms with E-state index in [4.69, 9.17) is 4.43 Å². The molecule has 3 rings (SSSR count). The van der Waals surface area contributed by atoms with E-state index >= 15 is 0 Å². The molecule has 0 N–H and O–H groups in total. The third-order valence-electron chi connectivity index (χ3n) is 6.89. The standard InChI is InChI=1S/C26H36O3S2Si/c1-5-32(6-2,7-3)29-25-19-18-23(30-22-14-10-8-11-15-22)20-26(21(25)4)31(27,28)24-16-12-9-13-17-24/h8-17,20-21,25-26H,5-7,18-19H2,1-4H3. The van der Waals surface area contributed by atoms with Gasteiger partial charge in [-0.1, -0.05) is 81.9 Å². The number of hydrogen-bond donors (Lipinski definition) is 0. The molecule has 0 spiro atoms. The Labute approximate surface area is 199 Å². The molecule has 174 valence electrons. The van der Waals surface area contributed by atoms with Crippen LogP contribution in [0, 0.1) is 5.92 Å². The van der Waals surface area contributed by atoms with E-state index < -0.39 is 23.4 Å². The summed E-state index contributed by atoms with van der Waals surface area (Å²) in [6, 6.07) is 22.3. The van der Waals surface area contributed by atoms with Gasteiger partial charge in [0.15, 0.2) is 18.2 Å². The van der Waals surface area contributed by atoms with Crippen LogP contribution in [-0.4, -0.2) is 28.1 Å². The lowest BCUT2D eigenvalue weighted by Crippen LogP contribution is -2.44. The summed E-state index contributed by atoms with van der Waals surface area (Å²) in [4.78, 5) is 2.65. The van der Waals surface area contributed by atoms with Crippen LogP contribution < -0.4 is 0 Å². The van der Waals surface area contributed by atoms with Gasteiger partial charge in [0.1, 0.15) is 0 Å². The topological polar surface area (TPSA) is 43.4 Å². The summed E-state index contributed by atoms with van der Waals surface area (Å²) in [6.45, 7) is 8.76. The van der Waals surface area contributed by atoms with Crippen LogP contribution in [0.3, 0.4) is 0 Å². The van der Waals surface area contributed by atoms with Crippen LogP contribution in [0.25, 0.3) is 0 Å². The molecule has 1 aliphatic rings. The summed E-state index contributed by atoms with van der Waals surface area (Å²) in [5.41, 5.74) is 0. The van der Waals surface area contributed by atoms with Crippen molar-refractivity contribution in [1.29, 1.82) is 0 Å². The third-order valence-corrected chi connectivity index (χ3v) is 14.9. The molecule has 0 saturated heterocycles. The molecule has 3 atom stereocenters. The second kappa shape index (κ2) is 11.2. The molecule has 1 aliphatic carbocycles. The number of sulfone groups is 1. The second-order valence-electron chi connectivity index (χ2n) is 8.67. The lowest BCUT2D eigenvalue weighted by molar-refractivity contribution is 0.126. The van der Waals surface area contributed by atoms with Gasteiger partial charge < -0.3 is 4.43 Å². The minimum Gasteiger partial charge on any atom is -0.414 e. The SMILES string of the molecule is CC[Si](CC)(CC)OC1CCC(Sc2ccccc2)=CC(S(=O)(=O)c2ccccc2)C1C. The molecule has 0 fully saturated rings. The van der Waals surface area contributed by atoms with E-state index in [0.29, 0.717) is 4.90 Å². The summed E-state index contributed by atoms with van der Waals surface area (Å²) in [7, 11) is -5.38. The smallest absolute Gasteiger partial charge is 0.192 e. The third kappa shape index (κ3) is 5.77. The highest BCUT2D eigenvalue weighted by molar-refractivity contribution is 8.03. The molecule has 2 aromatic carbocycles. The summed E-state index contributed by atoms with van der Waals surface area (Å²) in [5, 5.41) is -0.596. The number of benzene rings is 2. The number of hydrogen-bond acceptors (Lipinski definition) is 4. The normalized spacial score (nSPS) is 22.2. The summed E-state index contributed by atoms with van der Waals surface area (Å²) in [5.74, 6) is -0.106. The summed E-state index contributed by atoms with van der Waals surface area (Å²) in [6.07, 6.45) is 3.68. The van der Waals surface area contributed by atoms with Crippen LogP contribution in [0.1, 0.15) is 40.5 Å². The van der Waals surface area contributed by atoms with E-state index in [1.54, 1.807) is 36.0 Å². The maximum Gasteiger partial charge on any atom is 0.192 e. The molecular formula is C26H36O3S2Si. The first-order chi connectivity index (χ1) is 15.3. The van der Waals surface area contributed by atoms with Crippen LogP contribution in [0.2, 0.25) is 18.1 Å². The Morgan fingerprint density at radius 2 is 1.50 bits per heavy atom. The van der Waals surface area contributed by atoms with Crippen LogP contribution in [0.15, 0.2) is 81.4 Å². The number of thioether (sulfide) groups is 1. The Balaban J connectivity index is 1.99. The van der Waals surface area contributed by atoms with Gasteiger partial charge in [0.25, 0.3) is 0 Å². The van der Waals surface area contributed by atoms with E-state index in [2.05, 4.69) is 39.8 Å². The highest BCUT2D eigenvalue weighted by Gasteiger charge is 2.41. The highest BCUT2D eigenvalue weighted by atomic mass is 32.2. The van der Waals surface area contributed by atoms with Crippen molar-refractivity contribution in [3.63, 3.8) is 0 Å². The van der Waals surface area contributed by atoms with Crippen LogP contribution in [0.4, 0.5) is 0 Å². The zero-order valence-corrected chi connectivity index (χ0v) is 22.3. The molecule has 32 heavy (non-hydrogen) atoms. The van der Waals surface area contributed by atoms with E-state index in [9.17, 15) is 8.42 Å². The molecule has 0 radical (unpaired) electrons. The molecule has 0 aliphatic heterocycles. The Morgan fingerprint density at radius 3 is 2.06 bits per heavy atom. The Bertz CT molecular complexity index is 978. The van der Waals surface area contributed by atoms with Crippen molar-refractivity contribution in [3.8, 4) is 0 Å². The van der Waals surface area contributed by atoms with Gasteiger partial charge in [0.2, 0.25) is 0 Å². The van der Waals surface area contributed by atoms with Gasteiger partial charge in [0, 0.05) is 16.9 Å². The van der Waals surface area contributed by atoms with Gasteiger partial charge in [-0.05, 0) is 60.1 Å². The van der Waals surface area contributed by atoms with Crippen molar-refractivity contribution >= 4 is 29.9 Å². The zero-order valence-electron chi connectivity index (χ0n) is 19.7. The fourth-order valence-electron chi connectivity index (χ4n) is 4.53. The monoisotopic (exact) mass is 488 g/mol. The predicted molar refractivity (Wildman–Crippen MR) is 138 cm³/mol. The first kappa shape index (κ1) is 25.3. The van der Waals surface area contributed by atoms with E-state index in [-0.39, 0.29) is 12.0 Å². The average molecular weight is 489 g/mol. The van der Waals surface area contributed by atoms with Crippen molar-refractivity contribution in [2.75, 3.05) is 0 Å². The Morgan fingerprint density at radius 1 is 0.938 bits per heavy atom. The lowest BCUT2D eigenvalue weighted by Gasteiger charge is -2.37. The quantitative estimate of drug-likeness (QED) is 0.347. The summed E-state index contributed by atoms with van der Waals surface area (Å²) >= 11 is 1.68. The van der Waals surface area contributed by atoms with Crippen molar-refractivity contribution in [3.05, 3.63) is 71.6 Å². The van der Waals surface area contributed by atoms with E-state index in [1.165, 1.54) is 0 Å². The molecule has 0 amide bonds. The molecule has 6 heteroatoms. The fraction of sp³-hybridized carbons (Fsp3) is 0.462. The Hall–Kier alpha value is -1.34. The van der Waals surface area contributed by atoms with Crippen molar-refractivity contribution in [2.45, 2.75) is 79.8 Å². The van der Waals surface area contributed by atoms with E-state index in [1.807, 2.05) is 30.3 Å². The van der Waals surface area contributed by atoms with Gasteiger partial charge in [-0.25, -0.2) is 8.42 Å². The summed E-state index contributed by atoms with van der Waals surface area (Å²) < 4.78 is 34.5. The average Bonchev–Trinajstić information content (AvgIpc) is 2.98. The van der Waals surface area contributed by atoms with E-state index in [0.717, 1.165) is 40.8 Å². The molecule has 3 nitrogen and oxygen atoms in total. The first-order valence-electron chi connectivity index (χ1n) is 11.8. The molecule has 3 unspecified atom stereocenters. The molecule has 0 aromatic heterocycles. The molecule has 2 aromatic rings. The maximum absolute atomic E-state index is 13.8. The first-order valence-corrected chi connectivity index (χ1v) is 16.6. The second-order valence-corrected chi connectivity index (χ2v) is 16.7. The number of rotatable bonds is 9. The van der Waals surface area contributed by atoms with Crippen LogP contribution >= 0.6 is 11.8 Å². The molecule has 0 heterocycles. The number of allylic oxidation sites excluding steroid dienone is 1. The predicted octanol–water partition coefficient (Wildman–Crippen LogP) is 7.33. The van der Waals surface area contributed by atoms with Crippen molar-refractivity contribution in [1.82, 2.24) is 0 Å². The minimum atomic E-state index is -3.52. The van der Waals surface area contributed by atoms with Crippen LogP contribution in [-0.2, 0) is 14.3 Å². The van der Waals surface area contributed by atoms with Gasteiger partial charge in [-0.3, -0.25) is 0 Å². The Kier molecular flexibility index (Phi) is 8.84. The maximum atomic E-state index is 13.8. The molecule has 0 saturated carbocycles. The highest BCUT2D eigenvalue weighted by Crippen LogP contribution is 2.40. The van der Waals surface area contributed by atoms with Gasteiger partial charge >= 0.3 is 0 Å². The largest absolute Gasteiger partial charge is 0.414 e. The lowest BCUT2D eigenvalue weighted by atomic mass is 10.00. The van der Waals surface area contributed by atoms with Gasteiger partial charge in [-0.2, -0.15) is 0 Å². The van der Waals surface area contributed by atoms with Gasteiger partial charge in [0.05, 0.1) is 10.1 Å². The van der Waals surface area contributed by atoms with Crippen molar-refractivity contribution in [2.24, 2.45) is 5.92 Å².